The molecule has 1 aliphatic rings. The van der Waals surface area contributed by atoms with Gasteiger partial charge in [-0.05, 0) is 62.9 Å². The zero-order valence-corrected chi connectivity index (χ0v) is 15.5. The highest BCUT2D eigenvalue weighted by Gasteiger charge is 2.34. The van der Waals surface area contributed by atoms with Crippen LogP contribution in [-0.4, -0.2) is 29.4 Å². The van der Waals surface area contributed by atoms with Gasteiger partial charge in [-0.25, -0.2) is 4.79 Å². The molecule has 0 saturated carbocycles. The number of hydrogen-bond acceptors (Lipinski definition) is 2. The van der Waals surface area contributed by atoms with Crippen LogP contribution in [0.5, 0.6) is 0 Å². The Bertz CT molecular complexity index is 815. The van der Waals surface area contributed by atoms with Crippen LogP contribution in [-0.2, 0) is 4.79 Å². The maximum atomic E-state index is 12.8. The number of hydrogen-bond donors (Lipinski definition) is 2. The quantitative estimate of drug-likeness (QED) is 0.868. The number of carbonyl (C=O) groups is 2. The lowest BCUT2D eigenvalue weighted by atomic mass is 10.1. The zero-order chi connectivity index (χ0) is 18.7. The van der Waals surface area contributed by atoms with Crippen molar-refractivity contribution in [2.45, 2.75) is 39.7 Å². The minimum Gasteiger partial charge on any atom is -0.324 e. The molecule has 5 heteroatoms. The number of urea groups is 1. The molecular weight excluding hydrogens is 326 g/mol. The Balaban J connectivity index is 1.68. The number of anilines is 2. The molecule has 0 radical (unpaired) electrons. The maximum absolute atomic E-state index is 12.8. The third-order valence-corrected chi connectivity index (χ3v) is 4.77. The molecule has 5 nitrogen and oxygen atoms in total. The number of carbonyl (C=O) groups excluding carboxylic acids is 2. The lowest BCUT2D eigenvalue weighted by Crippen LogP contribution is -2.45. The van der Waals surface area contributed by atoms with Gasteiger partial charge in [0.1, 0.15) is 6.04 Å². The summed E-state index contributed by atoms with van der Waals surface area (Å²) in [6.45, 7) is 6.54. The van der Waals surface area contributed by atoms with E-state index < -0.39 is 6.04 Å². The first-order valence-corrected chi connectivity index (χ1v) is 8.96. The van der Waals surface area contributed by atoms with Gasteiger partial charge in [0.05, 0.1) is 0 Å². The molecule has 136 valence electrons. The molecule has 0 spiro atoms. The molecule has 1 saturated heterocycles. The molecule has 0 aliphatic carbocycles. The number of nitrogens with zero attached hydrogens (tertiary/aromatic N) is 1. The minimum absolute atomic E-state index is 0.129. The van der Waals surface area contributed by atoms with Gasteiger partial charge in [-0.3, -0.25) is 4.79 Å². The summed E-state index contributed by atoms with van der Waals surface area (Å²) < 4.78 is 0. The minimum atomic E-state index is -0.444. The highest BCUT2D eigenvalue weighted by Crippen LogP contribution is 2.22. The van der Waals surface area contributed by atoms with Crippen LogP contribution in [0.3, 0.4) is 0 Å². The first-order chi connectivity index (χ1) is 12.4. The fourth-order valence-corrected chi connectivity index (χ4v) is 3.20. The Morgan fingerprint density at radius 1 is 0.962 bits per heavy atom. The van der Waals surface area contributed by atoms with Crippen LogP contribution in [0.2, 0.25) is 0 Å². The van der Waals surface area contributed by atoms with Crippen molar-refractivity contribution in [1.29, 1.82) is 0 Å². The molecule has 0 aromatic heterocycles. The molecule has 2 N–H and O–H groups in total. The zero-order valence-electron chi connectivity index (χ0n) is 15.5. The molecule has 1 fully saturated rings. The first kappa shape index (κ1) is 18.0. The predicted molar refractivity (Wildman–Crippen MR) is 104 cm³/mol. The fourth-order valence-electron chi connectivity index (χ4n) is 3.20. The van der Waals surface area contributed by atoms with E-state index in [2.05, 4.69) is 10.6 Å². The Morgan fingerprint density at radius 3 is 2.38 bits per heavy atom. The number of aryl methyl sites for hydroxylation is 3. The van der Waals surface area contributed by atoms with E-state index >= 15 is 0 Å². The fraction of sp³-hybridized carbons (Fsp3) is 0.333. The molecule has 0 bridgehead atoms. The standard InChI is InChI=1S/C21H25N3O2/c1-14-7-10-17(11-8-14)22-21(26)24-12-4-5-19(24)20(25)23-18-13-15(2)6-9-16(18)3/h6-11,13,19H,4-5,12H2,1-3H3,(H,22,26)(H,23,25)/t19-/m1/s1. The Labute approximate surface area is 154 Å². The summed E-state index contributed by atoms with van der Waals surface area (Å²) in [5.74, 6) is -0.129. The molecule has 1 atom stereocenters. The van der Waals surface area contributed by atoms with Gasteiger partial charge >= 0.3 is 6.03 Å². The van der Waals surface area contributed by atoms with E-state index in [9.17, 15) is 9.59 Å². The lowest BCUT2D eigenvalue weighted by molar-refractivity contribution is -0.119. The van der Waals surface area contributed by atoms with Gasteiger partial charge in [0.25, 0.3) is 0 Å². The second kappa shape index (κ2) is 7.60. The molecule has 3 amide bonds. The summed E-state index contributed by atoms with van der Waals surface area (Å²) >= 11 is 0. The molecule has 1 aliphatic heterocycles. The molecule has 3 rings (SSSR count). The second-order valence-electron chi connectivity index (χ2n) is 6.96. The number of likely N-dealkylation sites (tertiary alicyclic amines) is 1. The average Bonchev–Trinajstić information content (AvgIpc) is 3.10. The van der Waals surface area contributed by atoms with Crippen LogP contribution in [0.15, 0.2) is 42.5 Å². The highest BCUT2D eigenvalue weighted by atomic mass is 16.2. The number of benzene rings is 2. The van der Waals surface area contributed by atoms with Gasteiger partial charge < -0.3 is 15.5 Å². The highest BCUT2D eigenvalue weighted by molar-refractivity contribution is 6.00. The smallest absolute Gasteiger partial charge is 0.322 e. The van der Waals surface area contributed by atoms with Crippen molar-refractivity contribution in [3.63, 3.8) is 0 Å². The largest absolute Gasteiger partial charge is 0.324 e. The SMILES string of the molecule is Cc1ccc(NC(=O)N2CCC[C@@H]2C(=O)Nc2cc(C)ccc2C)cc1. The first-order valence-electron chi connectivity index (χ1n) is 8.96. The van der Waals surface area contributed by atoms with Crippen LogP contribution in [0.4, 0.5) is 16.2 Å². The van der Waals surface area contributed by atoms with Crippen molar-refractivity contribution < 1.29 is 9.59 Å². The van der Waals surface area contributed by atoms with Crippen molar-refractivity contribution in [3.8, 4) is 0 Å². The van der Waals surface area contributed by atoms with Crippen molar-refractivity contribution >= 4 is 23.3 Å². The summed E-state index contributed by atoms with van der Waals surface area (Å²) in [4.78, 5) is 27.0. The van der Waals surface area contributed by atoms with Crippen LogP contribution in [0, 0.1) is 20.8 Å². The van der Waals surface area contributed by atoms with Crippen molar-refractivity contribution in [2.24, 2.45) is 0 Å². The van der Waals surface area contributed by atoms with E-state index in [0.717, 1.165) is 34.5 Å². The van der Waals surface area contributed by atoms with Gasteiger partial charge in [-0.1, -0.05) is 29.8 Å². The molecule has 1 heterocycles. The summed E-state index contributed by atoms with van der Waals surface area (Å²) in [5.41, 5.74) is 4.78. The average molecular weight is 351 g/mol. The molecule has 26 heavy (non-hydrogen) atoms. The van der Waals surface area contributed by atoms with Crippen LogP contribution in [0.1, 0.15) is 29.5 Å². The van der Waals surface area contributed by atoms with Gasteiger partial charge in [0.2, 0.25) is 5.91 Å². The number of nitrogens with one attached hydrogen (secondary N) is 2. The number of amides is 3. The third-order valence-electron chi connectivity index (χ3n) is 4.77. The Hall–Kier alpha value is -2.82. The lowest BCUT2D eigenvalue weighted by Gasteiger charge is -2.24. The van der Waals surface area contributed by atoms with E-state index in [1.807, 2.05) is 63.2 Å². The van der Waals surface area contributed by atoms with Crippen molar-refractivity contribution in [3.05, 3.63) is 59.2 Å². The van der Waals surface area contributed by atoms with Crippen molar-refractivity contribution in [1.82, 2.24) is 4.90 Å². The third kappa shape index (κ3) is 4.04. The summed E-state index contributed by atoms with van der Waals surface area (Å²) in [6, 6.07) is 12.9. The van der Waals surface area contributed by atoms with Crippen LogP contribution in [0.25, 0.3) is 0 Å². The van der Waals surface area contributed by atoms with E-state index in [1.54, 1.807) is 4.90 Å². The molecule has 2 aromatic rings. The van der Waals surface area contributed by atoms with E-state index in [0.29, 0.717) is 13.0 Å². The van der Waals surface area contributed by atoms with Crippen molar-refractivity contribution in [2.75, 3.05) is 17.2 Å². The maximum Gasteiger partial charge on any atom is 0.322 e. The predicted octanol–water partition coefficient (Wildman–Crippen LogP) is 4.25. The van der Waals surface area contributed by atoms with Crippen LogP contribution >= 0.6 is 0 Å². The number of rotatable bonds is 3. The van der Waals surface area contributed by atoms with Gasteiger partial charge in [0, 0.05) is 17.9 Å². The Kier molecular flexibility index (Phi) is 5.26. The monoisotopic (exact) mass is 351 g/mol. The van der Waals surface area contributed by atoms with E-state index in [4.69, 9.17) is 0 Å². The van der Waals surface area contributed by atoms with E-state index in [1.165, 1.54) is 0 Å². The second-order valence-corrected chi connectivity index (χ2v) is 6.96. The summed E-state index contributed by atoms with van der Waals surface area (Å²) in [5, 5.41) is 5.88. The topological polar surface area (TPSA) is 61.4 Å². The van der Waals surface area contributed by atoms with Gasteiger partial charge in [0.15, 0.2) is 0 Å². The summed E-state index contributed by atoms with van der Waals surface area (Å²) in [6.07, 6.45) is 1.50. The summed E-state index contributed by atoms with van der Waals surface area (Å²) in [7, 11) is 0. The van der Waals surface area contributed by atoms with Gasteiger partial charge in [-0.15, -0.1) is 0 Å². The van der Waals surface area contributed by atoms with Gasteiger partial charge in [-0.2, -0.15) is 0 Å². The normalized spacial score (nSPS) is 16.4. The molecular formula is C21H25N3O2. The Morgan fingerprint density at radius 2 is 1.65 bits per heavy atom. The van der Waals surface area contributed by atoms with E-state index in [-0.39, 0.29) is 11.9 Å². The molecule has 0 unspecified atom stereocenters. The van der Waals surface area contributed by atoms with Crippen LogP contribution < -0.4 is 10.6 Å². The molecule has 2 aromatic carbocycles.